The molecule has 0 spiro atoms. The van der Waals surface area contributed by atoms with Gasteiger partial charge in [0.15, 0.2) is 17.1 Å². The summed E-state index contributed by atoms with van der Waals surface area (Å²) in [6.07, 6.45) is 5.52. The first-order valence-electron chi connectivity index (χ1n) is 21.8. The number of fused-ring (bicyclic) bond motifs is 4. The normalized spacial score (nSPS) is 17.1. The van der Waals surface area contributed by atoms with Crippen molar-refractivity contribution in [1.29, 1.82) is 5.26 Å². The van der Waals surface area contributed by atoms with Gasteiger partial charge in [-0.1, -0.05) is 160 Å². The van der Waals surface area contributed by atoms with Gasteiger partial charge in [0.1, 0.15) is 11.6 Å². The fourth-order valence-electron chi connectivity index (χ4n) is 8.49. The molecule has 0 radical (unpaired) electrons. The van der Waals surface area contributed by atoms with Gasteiger partial charge in [-0.05, 0) is 59.0 Å². The minimum Gasteiger partial charge on any atom is -0.461 e. The Balaban J connectivity index is 1.44. The zero-order valence-corrected chi connectivity index (χ0v) is 41.3. The highest BCUT2D eigenvalue weighted by molar-refractivity contribution is 8.26. The van der Waals surface area contributed by atoms with E-state index in [4.69, 9.17) is 14.2 Å². The first-order chi connectivity index (χ1) is 29.7. The molecule has 3 atom stereocenters. The molecule has 0 saturated carbocycles. The quantitative estimate of drug-likeness (QED) is 0.0550. The fourth-order valence-corrected chi connectivity index (χ4v) is 13.9. The van der Waals surface area contributed by atoms with Crippen molar-refractivity contribution in [3.05, 3.63) is 55.0 Å². The van der Waals surface area contributed by atoms with Crippen LogP contribution in [0.25, 0.3) is 0 Å². The number of esters is 3. The number of carbonyl (C=O) groups is 5. The second-order valence-corrected chi connectivity index (χ2v) is 24.0. The maximum atomic E-state index is 14.2. The standard InChI is InChI=1S/C48H59N3O8S4/c1-11-13-16-29(12-2)26-57-44(56)32(23-49)45-60-38-36(58-33(52)19-27(3)21-47(5,6)7)40-41(37(39(38)61-45)59-34(53)20-28(4)22-48(8,9)10)63-46(62-40)35-42(54)50-24-30-17-14-15-18-31(30)25-51(50)43(35)55/h14-15,17-18,27-29H,11-13,16,19-22,24-26H2,1-10H3. The molecule has 4 aliphatic heterocycles. The molecule has 0 bridgehead atoms. The van der Waals surface area contributed by atoms with E-state index < -0.39 is 29.7 Å². The van der Waals surface area contributed by atoms with Crippen molar-refractivity contribution in [3.63, 3.8) is 0 Å². The summed E-state index contributed by atoms with van der Waals surface area (Å²) in [6.45, 7) is 21.5. The van der Waals surface area contributed by atoms with Crippen LogP contribution in [-0.4, -0.2) is 46.3 Å². The summed E-state index contributed by atoms with van der Waals surface area (Å²) in [5, 5.41) is 13.4. The second kappa shape index (κ2) is 20.1. The first-order valence-corrected chi connectivity index (χ1v) is 25.1. The fraction of sp³-hybridized carbons (Fsp3) is 0.542. The Hall–Kier alpha value is -3.84. The third-order valence-electron chi connectivity index (χ3n) is 11.1. The SMILES string of the molecule is CCCCC(CC)COC(=O)C(C#N)=C1Sc2c(OC(=O)CC(C)CC(C)(C)C)c3c(c(OC(=O)CC(C)CC(C)(C)C)c2S1)SC(=C1C(=O)N2Cc4ccccc4CN2C1=O)S3. The average molecular weight is 934 g/mol. The van der Waals surface area contributed by atoms with Crippen LogP contribution in [0.15, 0.2) is 63.5 Å². The maximum absolute atomic E-state index is 14.2. The first kappa shape index (κ1) is 48.6. The number of nitriles is 1. The molecule has 0 aliphatic carbocycles. The molecule has 0 N–H and O–H groups in total. The van der Waals surface area contributed by atoms with E-state index in [2.05, 4.69) is 54.5 Å². The van der Waals surface area contributed by atoms with Crippen molar-refractivity contribution in [3.8, 4) is 17.6 Å². The van der Waals surface area contributed by atoms with Crippen LogP contribution in [0.5, 0.6) is 11.5 Å². The molecule has 63 heavy (non-hydrogen) atoms. The number of unbranched alkanes of at least 4 members (excludes halogenated alkanes) is 1. The monoisotopic (exact) mass is 933 g/mol. The highest BCUT2D eigenvalue weighted by atomic mass is 32.2. The molecule has 1 saturated heterocycles. The molecule has 338 valence electrons. The Kier molecular flexibility index (Phi) is 15.5. The number of hydrogen-bond donors (Lipinski definition) is 0. The van der Waals surface area contributed by atoms with Crippen LogP contribution in [0.3, 0.4) is 0 Å². The number of carbonyl (C=O) groups excluding carboxylic acids is 5. The number of thioether (sulfide) groups is 4. The van der Waals surface area contributed by atoms with Gasteiger partial charge in [-0.3, -0.25) is 19.2 Å². The third kappa shape index (κ3) is 11.5. The van der Waals surface area contributed by atoms with Gasteiger partial charge in [-0.2, -0.15) is 5.26 Å². The molecule has 0 aromatic heterocycles. The third-order valence-corrected chi connectivity index (χ3v) is 16.3. The van der Waals surface area contributed by atoms with Crippen LogP contribution >= 0.6 is 47.0 Å². The van der Waals surface area contributed by atoms with E-state index in [-0.39, 0.29) is 83.8 Å². The van der Waals surface area contributed by atoms with E-state index in [9.17, 15) is 29.2 Å². The van der Waals surface area contributed by atoms with Crippen LogP contribution < -0.4 is 9.47 Å². The van der Waals surface area contributed by atoms with Gasteiger partial charge in [0, 0.05) is 12.8 Å². The Morgan fingerprint density at radius 3 is 1.63 bits per heavy atom. The number of hydrogen-bond acceptors (Lipinski definition) is 13. The number of nitrogens with zero attached hydrogens (tertiary/aromatic N) is 3. The van der Waals surface area contributed by atoms with Gasteiger partial charge < -0.3 is 14.2 Å². The molecule has 6 rings (SSSR count). The van der Waals surface area contributed by atoms with Crippen molar-refractivity contribution in [1.82, 2.24) is 10.0 Å². The Morgan fingerprint density at radius 2 is 1.22 bits per heavy atom. The van der Waals surface area contributed by atoms with E-state index in [1.807, 2.05) is 45.0 Å². The Morgan fingerprint density at radius 1 is 0.762 bits per heavy atom. The van der Waals surface area contributed by atoms with E-state index in [1.165, 1.54) is 10.0 Å². The molecule has 2 amide bonds. The molecule has 4 heterocycles. The summed E-state index contributed by atoms with van der Waals surface area (Å²) >= 11 is 4.41. The Bertz CT molecular complexity index is 2160. The molecular formula is C48H59N3O8S4. The lowest BCUT2D eigenvalue weighted by Gasteiger charge is -2.33. The van der Waals surface area contributed by atoms with Crippen LogP contribution in [0.4, 0.5) is 0 Å². The van der Waals surface area contributed by atoms with Gasteiger partial charge in [0.25, 0.3) is 11.8 Å². The van der Waals surface area contributed by atoms with E-state index in [0.717, 1.165) is 96.7 Å². The highest BCUT2D eigenvalue weighted by Crippen LogP contribution is 2.69. The lowest BCUT2D eigenvalue weighted by atomic mass is 9.84. The van der Waals surface area contributed by atoms with Crippen LogP contribution in [0.2, 0.25) is 0 Å². The minimum atomic E-state index is -0.755. The number of rotatable bonds is 15. The molecule has 1 fully saturated rings. The van der Waals surface area contributed by atoms with Crippen molar-refractivity contribution in [2.75, 3.05) is 6.61 Å². The lowest BCUT2D eigenvalue weighted by molar-refractivity contribution is -0.151. The van der Waals surface area contributed by atoms with Crippen molar-refractivity contribution < 1.29 is 38.2 Å². The van der Waals surface area contributed by atoms with Crippen LogP contribution in [0, 0.1) is 39.9 Å². The second-order valence-electron chi connectivity index (χ2n) is 19.4. The minimum absolute atomic E-state index is 0.0129. The van der Waals surface area contributed by atoms with Crippen LogP contribution in [0.1, 0.15) is 132 Å². The molecule has 11 nitrogen and oxygen atoms in total. The molecule has 2 aromatic carbocycles. The van der Waals surface area contributed by atoms with Crippen molar-refractivity contribution >= 4 is 76.8 Å². The van der Waals surface area contributed by atoms with Gasteiger partial charge >= 0.3 is 17.9 Å². The topological polar surface area (TPSA) is 143 Å². The average Bonchev–Trinajstić information content (AvgIpc) is 3.88. The zero-order chi connectivity index (χ0) is 46.0. The van der Waals surface area contributed by atoms with Gasteiger partial charge in [-0.25, -0.2) is 14.8 Å². The van der Waals surface area contributed by atoms with E-state index >= 15 is 0 Å². The highest BCUT2D eigenvalue weighted by Gasteiger charge is 2.48. The number of hydrazine groups is 1. The summed E-state index contributed by atoms with van der Waals surface area (Å²) in [5.74, 6) is -2.17. The van der Waals surface area contributed by atoms with Crippen LogP contribution in [-0.2, 0) is 41.8 Å². The van der Waals surface area contributed by atoms with Crippen molar-refractivity contribution in [2.45, 2.75) is 153 Å². The largest absolute Gasteiger partial charge is 0.461 e. The van der Waals surface area contributed by atoms with E-state index in [0.29, 0.717) is 28.1 Å². The summed E-state index contributed by atoms with van der Waals surface area (Å²) in [6, 6.07) is 9.78. The molecule has 2 aromatic rings. The van der Waals surface area contributed by atoms with Crippen molar-refractivity contribution in [2.24, 2.45) is 28.6 Å². The molecular weight excluding hydrogens is 875 g/mol. The summed E-state index contributed by atoms with van der Waals surface area (Å²) < 4.78 is 19.1. The summed E-state index contributed by atoms with van der Waals surface area (Å²) in [5.41, 5.74) is 1.64. The Labute approximate surface area is 389 Å². The van der Waals surface area contributed by atoms with E-state index in [1.54, 1.807) is 0 Å². The predicted octanol–water partition coefficient (Wildman–Crippen LogP) is 11.8. The number of benzene rings is 2. The number of ether oxygens (including phenoxy) is 3. The van der Waals surface area contributed by atoms with Gasteiger partial charge in [0.2, 0.25) is 0 Å². The predicted molar refractivity (Wildman–Crippen MR) is 248 cm³/mol. The molecule has 3 unspecified atom stereocenters. The lowest BCUT2D eigenvalue weighted by Crippen LogP contribution is -2.43. The van der Waals surface area contributed by atoms with Gasteiger partial charge in [-0.15, -0.1) is 0 Å². The zero-order valence-electron chi connectivity index (χ0n) is 38.1. The summed E-state index contributed by atoms with van der Waals surface area (Å²) in [7, 11) is 0. The molecule has 4 aliphatic rings. The number of amides is 2. The maximum Gasteiger partial charge on any atom is 0.350 e. The molecule has 15 heteroatoms. The summed E-state index contributed by atoms with van der Waals surface area (Å²) in [4.78, 5) is 71.5. The smallest absolute Gasteiger partial charge is 0.350 e. The van der Waals surface area contributed by atoms with Gasteiger partial charge in [0.05, 0.1) is 47.8 Å².